The van der Waals surface area contributed by atoms with Crippen LogP contribution in [0.2, 0.25) is 0 Å². The highest BCUT2D eigenvalue weighted by Gasteiger charge is 2.13. The predicted octanol–water partition coefficient (Wildman–Crippen LogP) is 2.10. The predicted molar refractivity (Wildman–Crippen MR) is 65.0 cm³/mol. The van der Waals surface area contributed by atoms with Gasteiger partial charge in [-0.1, -0.05) is 0 Å². The average Bonchev–Trinajstić information content (AvgIpc) is 2.61. The topological polar surface area (TPSA) is 68.0 Å². The summed E-state index contributed by atoms with van der Waals surface area (Å²) in [5.74, 6) is -0.309. The summed E-state index contributed by atoms with van der Waals surface area (Å²) in [6.07, 6.45) is 4.75. The van der Waals surface area contributed by atoms with Crippen LogP contribution in [0.15, 0.2) is 29.1 Å². The summed E-state index contributed by atoms with van der Waals surface area (Å²) >= 11 is 3.33. The maximum atomic E-state index is 11.0. The van der Waals surface area contributed by atoms with Crippen molar-refractivity contribution in [2.45, 2.75) is 13.5 Å². The van der Waals surface area contributed by atoms with Crippen molar-refractivity contribution in [3.63, 3.8) is 0 Å². The lowest BCUT2D eigenvalue weighted by Gasteiger charge is -2.07. The van der Waals surface area contributed by atoms with Crippen LogP contribution in [0.1, 0.15) is 21.9 Å². The molecule has 0 aromatic carbocycles. The number of carboxylic acids is 1. The molecule has 0 atom stereocenters. The van der Waals surface area contributed by atoms with Gasteiger partial charge in [-0.2, -0.15) is 0 Å². The Morgan fingerprint density at radius 2 is 2.24 bits per heavy atom. The summed E-state index contributed by atoms with van der Waals surface area (Å²) in [5, 5.41) is 9.03. The van der Waals surface area contributed by atoms with Crippen LogP contribution in [-0.2, 0) is 6.54 Å². The van der Waals surface area contributed by atoms with E-state index in [2.05, 4.69) is 25.9 Å². The molecule has 5 nitrogen and oxygen atoms in total. The fourth-order valence-electron chi connectivity index (χ4n) is 1.56. The number of aromatic carboxylic acids is 1. The molecule has 0 aliphatic heterocycles. The number of nitrogens with zero attached hydrogens (tertiary/aromatic N) is 3. The summed E-state index contributed by atoms with van der Waals surface area (Å²) < 4.78 is 2.51. The van der Waals surface area contributed by atoms with Crippen molar-refractivity contribution in [3.8, 4) is 0 Å². The van der Waals surface area contributed by atoms with Crippen molar-refractivity contribution in [1.29, 1.82) is 0 Å². The molecule has 0 saturated carbocycles. The van der Waals surface area contributed by atoms with E-state index >= 15 is 0 Å². The molecule has 2 aromatic heterocycles. The molecule has 0 amide bonds. The van der Waals surface area contributed by atoms with Crippen LogP contribution in [0.5, 0.6) is 0 Å². The summed E-state index contributed by atoms with van der Waals surface area (Å²) in [5.41, 5.74) is 1.10. The molecule has 2 heterocycles. The van der Waals surface area contributed by atoms with Crippen molar-refractivity contribution in [3.05, 3.63) is 46.2 Å². The van der Waals surface area contributed by atoms with Gasteiger partial charge < -0.3 is 9.67 Å². The number of rotatable bonds is 3. The fraction of sp³-hybridized carbons (Fsp3) is 0.182. The first-order chi connectivity index (χ1) is 8.08. The monoisotopic (exact) mass is 295 g/mol. The minimum absolute atomic E-state index is 0.183. The fourth-order valence-corrected chi connectivity index (χ4v) is 1.98. The van der Waals surface area contributed by atoms with E-state index in [0.29, 0.717) is 12.4 Å². The number of carboxylic acid groups (broad SMARTS) is 1. The Bertz CT molecular complexity index is 566. The van der Waals surface area contributed by atoms with Gasteiger partial charge in [-0.05, 0) is 34.5 Å². The van der Waals surface area contributed by atoms with Gasteiger partial charge in [0.05, 0.1) is 12.7 Å². The smallest absolute Gasteiger partial charge is 0.354 e. The van der Waals surface area contributed by atoms with Crippen LogP contribution in [0.4, 0.5) is 0 Å². The molecule has 88 valence electrons. The molecule has 0 bridgehead atoms. The van der Waals surface area contributed by atoms with Gasteiger partial charge in [0.1, 0.15) is 11.5 Å². The minimum atomic E-state index is -0.978. The van der Waals surface area contributed by atoms with E-state index in [1.54, 1.807) is 23.9 Å². The first kappa shape index (κ1) is 11.8. The highest BCUT2D eigenvalue weighted by atomic mass is 79.9. The Morgan fingerprint density at radius 3 is 2.88 bits per heavy atom. The first-order valence-electron chi connectivity index (χ1n) is 4.93. The quantitative estimate of drug-likeness (QED) is 0.941. The average molecular weight is 296 g/mol. The zero-order valence-corrected chi connectivity index (χ0v) is 10.7. The van der Waals surface area contributed by atoms with Gasteiger partial charge in [0.2, 0.25) is 0 Å². The Morgan fingerprint density at radius 1 is 1.47 bits per heavy atom. The second kappa shape index (κ2) is 4.67. The molecular formula is C11H10BrN3O2. The van der Waals surface area contributed by atoms with E-state index in [4.69, 9.17) is 5.11 Å². The van der Waals surface area contributed by atoms with Crippen molar-refractivity contribution in [2.24, 2.45) is 0 Å². The molecule has 17 heavy (non-hydrogen) atoms. The molecule has 6 heteroatoms. The summed E-state index contributed by atoms with van der Waals surface area (Å²) in [6.45, 7) is 2.22. The molecule has 0 spiro atoms. The largest absolute Gasteiger partial charge is 0.477 e. The molecule has 2 aromatic rings. The molecule has 0 aliphatic rings. The Kier molecular flexibility index (Phi) is 3.23. The second-order valence-corrected chi connectivity index (χ2v) is 4.51. The lowest BCUT2D eigenvalue weighted by Crippen LogP contribution is -2.11. The van der Waals surface area contributed by atoms with Crippen LogP contribution in [0, 0.1) is 6.92 Å². The molecule has 0 unspecified atom stereocenters. The van der Waals surface area contributed by atoms with E-state index in [9.17, 15) is 4.79 Å². The Balaban J connectivity index is 2.36. The van der Waals surface area contributed by atoms with Crippen LogP contribution in [-0.4, -0.2) is 25.6 Å². The SMILES string of the molecule is Cc1ncc(C(=O)O)n1Cc1cncc(Br)c1. The van der Waals surface area contributed by atoms with Crippen LogP contribution >= 0.6 is 15.9 Å². The van der Waals surface area contributed by atoms with Gasteiger partial charge in [-0.15, -0.1) is 0 Å². The molecule has 1 N–H and O–H groups in total. The number of aromatic nitrogens is 3. The summed E-state index contributed by atoms with van der Waals surface area (Å²) in [7, 11) is 0. The van der Waals surface area contributed by atoms with E-state index in [-0.39, 0.29) is 5.69 Å². The van der Waals surface area contributed by atoms with Crippen molar-refractivity contribution >= 4 is 21.9 Å². The van der Waals surface area contributed by atoms with Gasteiger partial charge >= 0.3 is 5.97 Å². The molecular weight excluding hydrogens is 286 g/mol. The number of halogens is 1. The molecule has 2 rings (SSSR count). The van der Waals surface area contributed by atoms with Gasteiger partial charge in [0.15, 0.2) is 0 Å². The van der Waals surface area contributed by atoms with E-state index in [1.165, 1.54) is 6.20 Å². The normalized spacial score (nSPS) is 10.5. The van der Waals surface area contributed by atoms with E-state index in [0.717, 1.165) is 10.0 Å². The zero-order valence-electron chi connectivity index (χ0n) is 9.09. The molecule has 0 aliphatic carbocycles. The maximum absolute atomic E-state index is 11.0. The number of pyridine rings is 1. The van der Waals surface area contributed by atoms with Crippen LogP contribution < -0.4 is 0 Å². The maximum Gasteiger partial charge on any atom is 0.354 e. The van der Waals surface area contributed by atoms with Gasteiger partial charge in [0, 0.05) is 16.9 Å². The Labute approximate surface area is 106 Å². The third-order valence-corrected chi connectivity index (χ3v) is 2.81. The number of carbonyl (C=O) groups is 1. The van der Waals surface area contributed by atoms with E-state index < -0.39 is 5.97 Å². The lowest BCUT2D eigenvalue weighted by atomic mass is 10.3. The van der Waals surface area contributed by atoms with Gasteiger partial charge in [0.25, 0.3) is 0 Å². The van der Waals surface area contributed by atoms with Crippen molar-refractivity contribution in [2.75, 3.05) is 0 Å². The third kappa shape index (κ3) is 2.52. The lowest BCUT2D eigenvalue weighted by molar-refractivity contribution is 0.0685. The zero-order chi connectivity index (χ0) is 12.4. The first-order valence-corrected chi connectivity index (χ1v) is 5.72. The molecule has 0 fully saturated rings. The second-order valence-electron chi connectivity index (χ2n) is 3.59. The van der Waals surface area contributed by atoms with Crippen molar-refractivity contribution < 1.29 is 9.90 Å². The van der Waals surface area contributed by atoms with Gasteiger partial charge in [-0.3, -0.25) is 4.98 Å². The summed E-state index contributed by atoms with van der Waals surface area (Å²) in [6, 6.07) is 1.90. The Hall–Kier alpha value is -1.69. The molecule has 0 saturated heterocycles. The summed E-state index contributed by atoms with van der Waals surface area (Å²) in [4.78, 5) is 19.1. The number of imidazole rings is 1. The number of hydrogen-bond acceptors (Lipinski definition) is 3. The highest BCUT2D eigenvalue weighted by Crippen LogP contribution is 2.13. The highest BCUT2D eigenvalue weighted by molar-refractivity contribution is 9.10. The van der Waals surface area contributed by atoms with Crippen LogP contribution in [0.3, 0.4) is 0 Å². The minimum Gasteiger partial charge on any atom is -0.477 e. The standard InChI is InChI=1S/C11H10BrN3O2/c1-7-14-5-10(11(16)17)15(7)6-8-2-9(12)4-13-3-8/h2-5H,6H2,1H3,(H,16,17). The van der Waals surface area contributed by atoms with E-state index in [1.807, 2.05) is 6.07 Å². The van der Waals surface area contributed by atoms with Crippen molar-refractivity contribution in [1.82, 2.24) is 14.5 Å². The number of aryl methyl sites for hydroxylation is 1. The third-order valence-electron chi connectivity index (χ3n) is 2.38. The number of hydrogen-bond donors (Lipinski definition) is 1. The van der Waals surface area contributed by atoms with Gasteiger partial charge in [-0.25, -0.2) is 9.78 Å². The van der Waals surface area contributed by atoms with Crippen LogP contribution in [0.25, 0.3) is 0 Å². The molecule has 0 radical (unpaired) electrons.